The molecule has 2 nitrogen and oxygen atoms in total. The third-order valence-corrected chi connectivity index (χ3v) is 3.59. The molecule has 2 aromatic rings. The van der Waals surface area contributed by atoms with Crippen molar-refractivity contribution >= 4 is 5.69 Å². The van der Waals surface area contributed by atoms with Gasteiger partial charge in [-0.25, -0.2) is 0 Å². The minimum Gasteiger partial charge on any atom is -0.385 e. The first-order valence-corrected chi connectivity index (χ1v) is 6.67. The fraction of sp³-hybridized carbons (Fsp3) is 0.312. The molecule has 1 aromatic heterocycles. The molecule has 92 valence electrons. The van der Waals surface area contributed by atoms with Gasteiger partial charge in [0, 0.05) is 24.6 Å². The molecule has 0 saturated heterocycles. The molecular weight excluding hydrogens is 220 g/mol. The highest BCUT2D eigenvalue weighted by Crippen LogP contribution is 2.26. The molecule has 0 amide bonds. The average Bonchev–Trinajstić information content (AvgIpc) is 2.46. The van der Waals surface area contributed by atoms with Gasteiger partial charge in [0.2, 0.25) is 0 Å². The lowest BCUT2D eigenvalue weighted by atomic mass is 9.96. The van der Waals surface area contributed by atoms with Gasteiger partial charge in [-0.2, -0.15) is 0 Å². The Kier molecular flexibility index (Phi) is 3.26. The molecule has 0 spiro atoms. The van der Waals surface area contributed by atoms with Crippen LogP contribution in [-0.4, -0.2) is 11.5 Å². The maximum absolute atomic E-state index is 4.06. The highest BCUT2D eigenvalue weighted by Gasteiger charge is 2.11. The van der Waals surface area contributed by atoms with Crippen molar-refractivity contribution in [2.75, 3.05) is 11.9 Å². The second kappa shape index (κ2) is 5.21. The lowest BCUT2D eigenvalue weighted by molar-refractivity contribution is 0.820. The molecule has 0 saturated carbocycles. The molecule has 0 aliphatic carbocycles. The standard InChI is InChI=1S/C16H18N2/c1-3-14-5-2-10-18-16(14)15(4-1)7-6-13-8-11-17-12-9-13/h1,3-4,8-9,11-12,18H,2,5-7,10H2. The first-order valence-electron chi connectivity index (χ1n) is 6.67. The lowest BCUT2D eigenvalue weighted by Crippen LogP contribution is -2.13. The Morgan fingerprint density at radius 1 is 1.06 bits per heavy atom. The molecule has 0 unspecified atom stereocenters. The SMILES string of the molecule is c1cc2c(c(CCc3ccncc3)c1)NCCC2. The highest BCUT2D eigenvalue weighted by atomic mass is 14.9. The number of pyridine rings is 1. The number of nitrogens with one attached hydrogen (secondary N) is 1. The number of hydrogen-bond donors (Lipinski definition) is 1. The zero-order valence-electron chi connectivity index (χ0n) is 10.5. The van der Waals surface area contributed by atoms with E-state index < -0.39 is 0 Å². The Hall–Kier alpha value is -1.83. The van der Waals surface area contributed by atoms with Gasteiger partial charge in [-0.3, -0.25) is 4.98 Å². The maximum Gasteiger partial charge on any atom is 0.0405 e. The number of fused-ring (bicyclic) bond motifs is 1. The van der Waals surface area contributed by atoms with Crippen molar-refractivity contribution < 1.29 is 0 Å². The number of aryl methyl sites for hydroxylation is 3. The van der Waals surface area contributed by atoms with E-state index in [1.807, 2.05) is 12.4 Å². The van der Waals surface area contributed by atoms with Gasteiger partial charge in [0.25, 0.3) is 0 Å². The van der Waals surface area contributed by atoms with Crippen molar-refractivity contribution in [1.82, 2.24) is 4.98 Å². The predicted molar refractivity (Wildman–Crippen MR) is 74.9 cm³/mol. The van der Waals surface area contributed by atoms with E-state index in [4.69, 9.17) is 0 Å². The number of anilines is 1. The van der Waals surface area contributed by atoms with E-state index >= 15 is 0 Å². The molecule has 1 N–H and O–H groups in total. The first kappa shape index (κ1) is 11.3. The number of aromatic nitrogens is 1. The van der Waals surface area contributed by atoms with Gasteiger partial charge in [-0.05, 0) is 54.5 Å². The molecule has 2 heteroatoms. The highest BCUT2D eigenvalue weighted by molar-refractivity contribution is 5.59. The van der Waals surface area contributed by atoms with Gasteiger partial charge in [0.15, 0.2) is 0 Å². The Morgan fingerprint density at radius 2 is 1.94 bits per heavy atom. The van der Waals surface area contributed by atoms with E-state index in [2.05, 4.69) is 40.6 Å². The summed E-state index contributed by atoms with van der Waals surface area (Å²) in [5, 5.41) is 3.56. The van der Waals surface area contributed by atoms with Gasteiger partial charge in [-0.15, -0.1) is 0 Å². The fourth-order valence-corrected chi connectivity index (χ4v) is 2.62. The van der Waals surface area contributed by atoms with Crippen molar-refractivity contribution in [2.24, 2.45) is 0 Å². The summed E-state index contributed by atoms with van der Waals surface area (Å²) >= 11 is 0. The van der Waals surface area contributed by atoms with E-state index in [0.29, 0.717) is 0 Å². The fourth-order valence-electron chi connectivity index (χ4n) is 2.62. The molecule has 0 fully saturated rings. The molecule has 1 aliphatic rings. The maximum atomic E-state index is 4.06. The van der Waals surface area contributed by atoms with Gasteiger partial charge < -0.3 is 5.32 Å². The topological polar surface area (TPSA) is 24.9 Å². The van der Waals surface area contributed by atoms with Crippen LogP contribution >= 0.6 is 0 Å². The van der Waals surface area contributed by atoms with E-state index in [1.54, 1.807) is 0 Å². The number of rotatable bonds is 3. The van der Waals surface area contributed by atoms with Crippen LogP contribution in [0.1, 0.15) is 23.1 Å². The van der Waals surface area contributed by atoms with Crippen LogP contribution in [0.15, 0.2) is 42.7 Å². The van der Waals surface area contributed by atoms with Gasteiger partial charge in [0.1, 0.15) is 0 Å². The van der Waals surface area contributed by atoms with E-state index in [9.17, 15) is 0 Å². The summed E-state index contributed by atoms with van der Waals surface area (Å²) in [5.41, 5.74) is 5.67. The molecule has 18 heavy (non-hydrogen) atoms. The van der Waals surface area contributed by atoms with Crippen molar-refractivity contribution in [3.8, 4) is 0 Å². The lowest BCUT2D eigenvalue weighted by Gasteiger charge is -2.21. The average molecular weight is 238 g/mol. The largest absolute Gasteiger partial charge is 0.385 e. The number of para-hydroxylation sites is 1. The van der Waals surface area contributed by atoms with Crippen molar-refractivity contribution in [3.05, 3.63) is 59.4 Å². The van der Waals surface area contributed by atoms with Crippen LogP contribution < -0.4 is 5.32 Å². The van der Waals surface area contributed by atoms with Crippen LogP contribution in [-0.2, 0) is 19.3 Å². The summed E-state index contributed by atoms with van der Waals surface area (Å²) < 4.78 is 0. The second-order valence-corrected chi connectivity index (χ2v) is 4.84. The predicted octanol–water partition coefficient (Wildman–Crippen LogP) is 3.22. The van der Waals surface area contributed by atoms with Gasteiger partial charge >= 0.3 is 0 Å². The van der Waals surface area contributed by atoms with Crippen LogP contribution in [0.25, 0.3) is 0 Å². The van der Waals surface area contributed by atoms with Crippen molar-refractivity contribution in [1.29, 1.82) is 0 Å². The van der Waals surface area contributed by atoms with Crippen molar-refractivity contribution in [3.63, 3.8) is 0 Å². The minimum absolute atomic E-state index is 1.08. The number of benzene rings is 1. The summed E-state index contributed by atoms with van der Waals surface area (Å²) in [4.78, 5) is 4.06. The molecule has 0 radical (unpaired) electrons. The Bertz CT molecular complexity index is 520. The van der Waals surface area contributed by atoms with Gasteiger partial charge in [-0.1, -0.05) is 18.2 Å². The monoisotopic (exact) mass is 238 g/mol. The molecule has 0 atom stereocenters. The zero-order valence-corrected chi connectivity index (χ0v) is 10.5. The summed E-state index contributed by atoms with van der Waals surface area (Å²) in [6.45, 7) is 1.11. The number of hydrogen-bond acceptors (Lipinski definition) is 2. The van der Waals surface area contributed by atoms with Crippen LogP contribution in [0.5, 0.6) is 0 Å². The normalized spacial score (nSPS) is 13.8. The molecular formula is C16H18N2. The molecule has 0 bridgehead atoms. The Balaban J connectivity index is 1.77. The smallest absolute Gasteiger partial charge is 0.0405 e. The Labute approximate surface area is 108 Å². The first-order chi connectivity index (χ1) is 8.93. The summed E-state index contributed by atoms with van der Waals surface area (Å²) in [7, 11) is 0. The second-order valence-electron chi connectivity index (χ2n) is 4.84. The quantitative estimate of drug-likeness (QED) is 0.888. The molecule has 1 aromatic carbocycles. The van der Waals surface area contributed by atoms with Crippen LogP contribution in [0.3, 0.4) is 0 Å². The van der Waals surface area contributed by atoms with E-state index in [1.165, 1.54) is 35.2 Å². The number of nitrogens with zero attached hydrogens (tertiary/aromatic N) is 1. The zero-order chi connectivity index (χ0) is 12.2. The van der Waals surface area contributed by atoms with Crippen molar-refractivity contribution in [2.45, 2.75) is 25.7 Å². The third kappa shape index (κ3) is 2.37. The minimum atomic E-state index is 1.08. The van der Waals surface area contributed by atoms with Crippen LogP contribution in [0.4, 0.5) is 5.69 Å². The third-order valence-electron chi connectivity index (χ3n) is 3.59. The van der Waals surface area contributed by atoms with Gasteiger partial charge in [0.05, 0.1) is 0 Å². The summed E-state index contributed by atoms with van der Waals surface area (Å²) in [5.74, 6) is 0. The molecule has 1 aliphatic heterocycles. The molecule has 3 rings (SSSR count). The Morgan fingerprint density at radius 3 is 2.83 bits per heavy atom. The van der Waals surface area contributed by atoms with E-state index in [0.717, 1.165) is 19.4 Å². The van der Waals surface area contributed by atoms with Crippen LogP contribution in [0, 0.1) is 0 Å². The van der Waals surface area contributed by atoms with E-state index in [-0.39, 0.29) is 0 Å². The van der Waals surface area contributed by atoms with Crippen LogP contribution in [0.2, 0.25) is 0 Å². The summed E-state index contributed by atoms with van der Waals surface area (Å²) in [6.07, 6.45) is 8.38. The molecule has 2 heterocycles. The summed E-state index contributed by atoms with van der Waals surface area (Å²) in [6, 6.07) is 10.9.